The van der Waals surface area contributed by atoms with Crippen molar-refractivity contribution in [3.05, 3.63) is 35.4 Å². The van der Waals surface area contributed by atoms with E-state index in [-0.39, 0.29) is 10.7 Å². The van der Waals surface area contributed by atoms with Gasteiger partial charge < -0.3 is 10.6 Å². The standard InChI is InChI=1S/C16H22N2OS2/c1-3-12-6-4-5-7-13(12)14(19)18-10-8-16(21-2,9-11-18)15(17)20/h4-7H,3,8-11H2,1-2H3,(H2,17,20). The summed E-state index contributed by atoms with van der Waals surface area (Å²) in [4.78, 5) is 15.2. The first-order chi connectivity index (χ1) is 10.0. The average Bonchev–Trinajstić information content (AvgIpc) is 2.54. The van der Waals surface area contributed by atoms with Crippen LogP contribution in [0.4, 0.5) is 0 Å². The van der Waals surface area contributed by atoms with Gasteiger partial charge in [0.2, 0.25) is 0 Å². The maximum Gasteiger partial charge on any atom is 0.254 e. The highest BCUT2D eigenvalue weighted by Crippen LogP contribution is 2.35. The summed E-state index contributed by atoms with van der Waals surface area (Å²) in [6.45, 7) is 3.51. The molecule has 0 atom stereocenters. The number of carbonyl (C=O) groups excluding carboxylic acids is 1. The lowest BCUT2D eigenvalue weighted by atomic mass is 9.94. The summed E-state index contributed by atoms with van der Waals surface area (Å²) in [6.07, 6.45) is 4.59. The maximum atomic E-state index is 12.7. The highest BCUT2D eigenvalue weighted by Gasteiger charge is 2.38. The Labute approximate surface area is 136 Å². The van der Waals surface area contributed by atoms with E-state index in [9.17, 15) is 4.79 Å². The summed E-state index contributed by atoms with van der Waals surface area (Å²) in [5.41, 5.74) is 7.83. The number of aryl methyl sites for hydroxylation is 1. The number of benzene rings is 1. The molecule has 114 valence electrons. The molecule has 1 aliphatic heterocycles. The van der Waals surface area contributed by atoms with E-state index in [1.54, 1.807) is 11.8 Å². The molecular weight excluding hydrogens is 300 g/mol. The number of carbonyl (C=O) groups is 1. The van der Waals surface area contributed by atoms with Crippen LogP contribution in [-0.2, 0) is 6.42 Å². The number of hydrogen-bond acceptors (Lipinski definition) is 3. The van der Waals surface area contributed by atoms with Crippen molar-refractivity contribution in [2.75, 3.05) is 19.3 Å². The number of rotatable bonds is 4. The van der Waals surface area contributed by atoms with Gasteiger partial charge in [-0.1, -0.05) is 37.3 Å². The van der Waals surface area contributed by atoms with E-state index in [0.29, 0.717) is 4.99 Å². The van der Waals surface area contributed by atoms with Crippen LogP contribution >= 0.6 is 24.0 Å². The molecular formula is C16H22N2OS2. The van der Waals surface area contributed by atoms with Crippen molar-refractivity contribution in [3.8, 4) is 0 Å². The number of thioether (sulfide) groups is 1. The molecule has 0 saturated carbocycles. The van der Waals surface area contributed by atoms with Crippen LogP contribution in [0.5, 0.6) is 0 Å². The molecule has 3 nitrogen and oxygen atoms in total. The van der Waals surface area contributed by atoms with Crippen molar-refractivity contribution in [2.45, 2.75) is 30.9 Å². The van der Waals surface area contributed by atoms with Crippen molar-refractivity contribution in [1.82, 2.24) is 4.90 Å². The SMILES string of the molecule is CCc1ccccc1C(=O)N1CCC(SC)(C(N)=S)CC1. The quantitative estimate of drug-likeness (QED) is 0.866. The van der Waals surface area contributed by atoms with Gasteiger partial charge in [0.25, 0.3) is 5.91 Å². The van der Waals surface area contributed by atoms with Crippen LogP contribution in [0.1, 0.15) is 35.7 Å². The first kappa shape index (κ1) is 16.3. The first-order valence-electron chi connectivity index (χ1n) is 7.26. The second kappa shape index (κ2) is 6.79. The monoisotopic (exact) mass is 322 g/mol. The third-order valence-corrected chi connectivity index (χ3v) is 6.26. The molecule has 1 aliphatic rings. The van der Waals surface area contributed by atoms with Crippen LogP contribution in [0.25, 0.3) is 0 Å². The zero-order valence-corrected chi connectivity index (χ0v) is 14.2. The Balaban J connectivity index is 2.12. The number of likely N-dealkylation sites (tertiary alicyclic amines) is 1. The lowest BCUT2D eigenvalue weighted by Gasteiger charge is -2.40. The van der Waals surface area contributed by atoms with E-state index < -0.39 is 0 Å². The molecule has 0 radical (unpaired) electrons. The third kappa shape index (κ3) is 3.24. The summed E-state index contributed by atoms with van der Waals surface area (Å²) in [7, 11) is 0. The maximum absolute atomic E-state index is 12.7. The molecule has 0 unspecified atom stereocenters. The molecule has 1 aromatic carbocycles. The Hall–Kier alpha value is -1.07. The van der Waals surface area contributed by atoms with Crippen molar-refractivity contribution in [1.29, 1.82) is 0 Å². The van der Waals surface area contributed by atoms with Gasteiger partial charge in [-0.05, 0) is 37.1 Å². The first-order valence-corrected chi connectivity index (χ1v) is 8.89. The summed E-state index contributed by atoms with van der Waals surface area (Å²) < 4.78 is -0.142. The van der Waals surface area contributed by atoms with Gasteiger partial charge in [0.05, 0.1) is 9.74 Å². The molecule has 1 aromatic rings. The van der Waals surface area contributed by atoms with Crippen molar-refractivity contribution < 1.29 is 4.79 Å². The summed E-state index contributed by atoms with van der Waals surface area (Å²) in [5, 5.41) is 0. The molecule has 0 aromatic heterocycles. The Bertz CT molecular complexity index is 537. The fourth-order valence-corrected chi connectivity index (χ4v) is 4.08. The molecule has 0 spiro atoms. The minimum Gasteiger partial charge on any atom is -0.392 e. The molecule has 21 heavy (non-hydrogen) atoms. The number of nitrogens with zero attached hydrogens (tertiary/aromatic N) is 1. The van der Waals surface area contributed by atoms with Crippen molar-refractivity contribution in [3.63, 3.8) is 0 Å². The van der Waals surface area contributed by atoms with Crippen molar-refractivity contribution in [2.24, 2.45) is 5.73 Å². The molecule has 1 saturated heterocycles. The van der Waals surface area contributed by atoms with Crippen LogP contribution in [-0.4, -0.2) is 39.9 Å². The van der Waals surface area contributed by atoms with E-state index in [2.05, 4.69) is 6.92 Å². The molecule has 1 fully saturated rings. The molecule has 5 heteroatoms. The van der Waals surface area contributed by atoms with Gasteiger partial charge in [-0.15, -0.1) is 0 Å². The van der Waals surface area contributed by atoms with Crippen LogP contribution in [0.3, 0.4) is 0 Å². The zero-order valence-electron chi connectivity index (χ0n) is 12.6. The van der Waals surface area contributed by atoms with E-state index in [0.717, 1.165) is 43.5 Å². The highest BCUT2D eigenvalue weighted by molar-refractivity contribution is 8.02. The smallest absolute Gasteiger partial charge is 0.254 e. The lowest BCUT2D eigenvalue weighted by molar-refractivity contribution is 0.0718. The molecule has 1 heterocycles. The summed E-state index contributed by atoms with van der Waals surface area (Å²) >= 11 is 6.93. The van der Waals surface area contributed by atoms with Crippen LogP contribution in [0, 0.1) is 0 Å². The fraction of sp³-hybridized carbons (Fsp3) is 0.500. The predicted octanol–water partition coefficient (Wildman–Crippen LogP) is 2.87. The number of amides is 1. The normalized spacial score (nSPS) is 17.5. The van der Waals surface area contributed by atoms with Gasteiger partial charge in [0.15, 0.2) is 0 Å². The van der Waals surface area contributed by atoms with Crippen molar-refractivity contribution >= 4 is 34.9 Å². The fourth-order valence-electron chi connectivity index (χ4n) is 2.83. The predicted molar refractivity (Wildman–Crippen MR) is 94.0 cm³/mol. The number of piperidine rings is 1. The van der Waals surface area contributed by atoms with E-state index in [1.165, 1.54) is 0 Å². The van der Waals surface area contributed by atoms with Crippen LogP contribution in [0.2, 0.25) is 0 Å². The highest BCUT2D eigenvalue weighted by atomic mass is 32.2. The minimum absolute atomic E-state index is 0.130. The molecule has 1 amide bonds. The van der Waals surface area contributed by atoms with Gasteiger partial charge in [0, 0.05) is 18.7 Å². The average molecular weight is 322 g/mol. The minimum atomic E-state index is -0.142. The number of thiocarbonyl (C=S) groups is 1. The van der Waals surface area contributed by atoms with Crippen LogP contribution < -0.4 is 5.73 Å². The molecule has 2 rings (SSSR count). The molecule has 0 aliphatic carbocycles. The van der Waals surface area contributed by atoms with Gasteiger partial charge in [-0.25, -0.2) is 0 Å². The zero-order chi connectivity index (χ0) is 15.5. The third-order valence-electron chi connectivity index (χ3n) is 4.33. The second-order valence-electron chi connectivity index (χ2n) is 5.37. The van der Waals surface area contributed by atoms with Gasteiger partial charge >= 0.3 is 0 Å². The largest absolute Gasteiger partial charge is 0.392 e. The van der Waals surface area contributed by atoms with Gasteiger partial charge in [-0.2, -0.15) is 11.8 Å². The Kier molecular flexibility index (Phi) is 5.27. The Morgan fingerprint density at radius 3 is 2.52 bits per heavy atom. The van der Waals surface area contributed by atoms with Gasteiger partial charge in [-0.3, -0.25) is 4.79 Å². The van der Waals surface area contributed by atoms with Gasteiger partial charge in [0.1, 0.15) is 0 Å². The molecule has 0 bridgehead atoms. The lowest BCUT2D eigenvalue weighted by Crippen LogP contribution is -2.50. The second-order valence-corrected chi connectivity index (χ2v) is 7.00. The topological polar surface area (TPSA) is 46.3 Å². The van der Waals surface area contributed by atoms with E-state index >= 15 is 0 Å². The number of hydrogen-bond donors (Lipinski definition) is 1. The Morgan fingerprint density at radius 2 is 2.00 bits per heavy atom. The van der Waals surface area contributed by atoms with Crippen LogP contribution in [0.15, 0.2) is 24.3 Å². The van der Waals surface area contributed by atoms with E-state index in [4.69, 9.17) is 18.0 Å². The molecule has 2 N–H and O–H groups in total. The Morgan fingerprint density at radius 1 is 1.38 bits per heavy atom. The number of nitrogens with two attached hydrogens (primary N) is 1. The summed E-state index contributed by atoms with van der Waals surface area (Å²) in [5.74, 6) is 0.130. The summed E-state index contributed by atoms with van der Waals surface area (Å²) in [6, 6.07) is 7.86. The van der Waals surface area contributed by atoms with E-state index in [1.807, 2.05) is 35.4 Å².